The van der Waals surface area contributed by atoms with Gasteiger partial charge in [-0.1, -0.05) is 73.5 Å². The van der Waals surface area contributed by atoms with Crippen LogP contribution in [-0.4, -0.2) is 145 Å². The number of hydrogen-bond donors (Lipinski definition) is 1. The van der Waals surface area contributed by atoms with Crippen LogP contribution in [0.5, 0.6) is 0 Å². The van der Waals surface area contributed by atoms with Gasteiger partial charge in [0, 0.05) is 77.1 Å². The van der Waals surface area contributed by atoms with Crippen molar-refractivity contribution in [1.29, 1.82) is 0 Å². The van der Waals surface area contributed by atoms with E-state index in [1.807, 2.05) is 144 Å². The number of carbonyl (C=O) groups is 6. The van der Waals surface area contributed by atoms with E-state index in [0.717, 1.165) is 11.1 Å². The number of anilines is 1. The van der Waals surface area contributed by atoms with Crippen LogP contribution < -0.4 is 11.0 Å². The standard InChI is InChI=1S/C62H95N7O13S/c1-59(2,3)79-55(73)65(38-25-27-40-67(57(75)81-61(7,8)9)43-47-29-17-13-18-30-47)36-23-15-21-33-50(70)63-49-35-42-69(54(72)64-49)51-46-83-53(78-51)45-77-52(71)34-22-16-24-37-66(56(74)80-60(4,5)6)39-26-28-41-68(58(76)82-62(10,11)12)44-48-31-19-14-20-32-48/h13-14,17-20,29-32,35,42,51,53H,15-16,21-28,33-34,36-41,43-46H2,1-12H3,(H,63,64,70,72)/t51-,53+/m1/s1. The summed E-state index contributed by atoms with van der Waals surface area (Å²) in [5, 5.41) is 2.71. The summed E-state index contributed by atoms with van der Waals surface area (Å²) in [7, 11) is 0. The van der Waals surface area contributed by atoms with Crippen molar-refractivity contribution in [2.45, 2.75) is 207 Å². The van der Waals surface area contributed by atoms with Crippen LogP contribution in [-0.2, 0) is 51.1 Å². The first kappa shape index (κ1) is 69.1. The minimum Gasteiger partial charge on any atom is -0.462 e. The quantitative estimate of drug-likeness (QED) is 0.0373. The summed E-state index contributed by atoms with van der Waals surface area (Å²) < 4.78 is 35.7. The smallest absolute Gasteiger partial charge is 0.410 e. The molecule has 2 atom stereocenters. The van der Waals surface area contributed by atoms with E-state index in [1.54, 1.807) is 19.6 Å². The molecule has 1 fully saturated rings. The Balaban J connectivity index is 1.14. The van der Waals surface area contributed by atoms with Crippen LogP contribution >= 0.6 is 11.8 Å². The van der Waals surface area contributed by atoms with Gasteiger partial charge in [-0.15, -0.1) is 11.8 Å². The zero-order valence-corrected chi connectivity index (χ0v) is 52.4. The van der Waals surface area contributed by atoms with E-state index < -0.39 is 58.0 Å². The molecule has 83 heavy (non-hydrogen) atoms. The summed E-state index contributed by atoms with van der Waals surface area (Å²) in [6.07, 6.45) is 5.92. The Hall–Kier alpha value is -6.35. The summed E-state index contributed by atoms with van der Waals surface area (Å²) in [5.41, 5.74) is -1.73. The monoisotopic (exact) mass is 1180 g/mol. The number of aromatic nitrogens is 2. The van der Waals surface area contributed by atoms with E-state index in [0.29, 0.717) is 122 Å². The summed E-state index contributed by atoms with van der Waals surface area (Å²) in [5.74, 6) is -0.131. The number of unbranched alkanes of at least 4 members (excludes halogenated alkanes) is 6. The van der Waals surface area contributed by atoms with Gasteiger partial charge in [-0.2, -0.15) is 4.98 Å². The molecular weight excluding hydrogens is 1080 g/mol. The number of benzene rings is 2. The minimum absolute atomic E-state index is 0.00426. The molecule has 1 N–H and O–H groups in total. The van der Waals surface area contributed by atoms with Crippen LogP contribution in [0.2, 0.25) is 0 Å². The number of ether oxygens (including phenoxy) is 6. The zero-order valence-electron chi connectivity index (χ0n) is 51.5. The predicted octanol–water partition coefficient (Wildman–Crippen LogP) is 12.3. The number of carbonyl (C=O) groups excluding carboxylic acids is 6. The number of rotatable bonds is 30. The molecule has 4 rings (SSSR count). The Morgan fingerprint density at radius 2 is 0.928 bits per heavy atom. The molecule has 462 valence electrons. The fourth-order valence-electron chi connectivity index (χ4n) is 8.51. The van der Waals surface area contributed by atoms with Crippen molar-refractivity contribution in [2.24, 2.45) is 0 Å². The van der Waals surface area contributed by atoms with Crippen LogP contribution in [0, 0.1) is 0 Å². The molecule has 21 heteroatoms. The molecule has 0 unspecified atom stereocenters. The Bertz CT molecular complexity index is 2540. The van der Waals surface area contributed by atoms with E-state index in [-0.39, 0.29) is 43.2 Å². The lowest BCUT2D eigenvalue weighted by molar-refractivity contribution is -0.147. The van der Waals surface area contributed by atoms with Gasteiger partial charge >= 0.3 is 36.0 Å². The summed E-state index contributed by atoms with van der Waals surface area (Å²) in [6, 6.07) is 21.0. The zero-order chi connectivity index (χ0) is 61.2. The molecule has 0 radical (unpaired) electrons. The van der Waals surface area contributed by atoms with Crippen LogP contribution in [0.3, 0.4) is 0 Å². The van der Waals surface area contributed by atoms with E-state index in [4.69, 9.17) is 28.4 Å². The molecule has 1 aliphatic heterocycles. The predicted molar refractivity (Wildman–Crippen MR) is 322 cm³/mol. The van der Waals surface area contributed by atoms with Crippen molar-refractivity contribution < 1.29 is 57.2 Å². The average molecular weight is 1180 g/mol. The largest absolute Gasteiger partial charge is 0.462 e. The topological polar surface area (TPSA) is 218 Å². The lowest BCUT2D eigenvalue weighted by Crippen LogP contribution is -2.39. The Kier molecular flexibility index (Phi) is 28.2. The first-order valence-electron chi connectivity index (χ1n) is 29.3. The maximum absolute atomic E-state index is 13.2. The third-order valence-corrected chi connectivity index (χ3v) is 13.5. The highest BCUT2D eigenvalue weighted by atomic mass is 32.2. The Morgan fingerprint density at radius 1 is 0.542 bits per heavy atom. The second-order valence-electron chi connectivity index (χ2n) is 24.8. The lowest BCUT2D eigenvalue weighted by atomic mass is 10.1. The minimum atomic E-state index is -0.679. The number of hydrogen-bond acceptors (Lipinski definition) is 15. The fraction of sp³-hybridized carbons (Fsp3) is 0.645. The molecule has 1 aliphatic rings. The van der Waals surface area contributed by atoms with Crippen molar-refractivity contribution in [3.05, 3.63) is 94.5 Å². The third-order valence-electron chi connectivity index (χ3n) is 12.4. The maximum atomic E-state index is 13.2. The molecule has 20 nitrogen and oxygen atoms in total. The fourth-order valence-corrected chi connectivity index (χ4v) is 9.50. The molecule has 1 saturated heterocycles. The van der Waals surface area contributed by atoms with Crippen LogP contribution in [0.25, 0.3) is 0 Å². The van der Waals surface area contributed by atoms with Gasteiger partial charge in [-0.25, -0.2) is 24.0 Å². The number of nitrogens with one attached hydrogen (secondary N) is 1. The second-order valence-corrected chi connectivity index (χ2v) is 26.0. The molecule has 2 aromatic carbocycles. The summed E-state index contributed by atoms with van der Waals surface area (Å²) >= 11 is 1.41. The van der Waals surface area contributed by atoms with Crippen molar-refractivity contribution in [3.63, 3.8) is 0 Å². The molecule has 1 aromatic heterocycles. The van der Waals surface area contributed by atoms with Gasteiger partial charge in [0.25, 0.3) is 0 Å². The maximum Gasteiger partial charge on any atom is 0.410 e. The molecule has 0 spiro atoms. The molecule has 0 saturated carbocycles. The highest BCUT2D eigenvalue weighted by molar-refractivity contribution is 8.00. The molecular formula is C62H95N7O13S. The van der Waals surface area contributed by atoms with Gasteiger partial charge in [-0.05, 0) is 152 Å². The van der Waals surface area contributed by atoms with Crippen LogP contribution in [0.15, 0.2) is 77.7 Å². The van der Waals surface area contributed by atoms with E-state index >= 15 is 0 Å². The normalized spacial score (nSPS) is 14.5. The molecule has 0 aliphatic carbocycles. The van der Waals surface area contributed by atoms with Crippen molar-refractivity contribution in [3.8, 4) is 0 Å². The highest BCUT2D eigenvalue weighted by Gasteiger charge is 2.30. The average Bonchev–Trinajstić information content (AvgIpc) is 4.12. The van der Waals surface area contributed by atoms with Crippen molar-refractivity contribution in [1.82, 2.24) is 29.2 Å². The molecule has 0 bridgehead atoms. The van der Waals surface area contributed by atoms with Gasteiger partial charge in [0.2, 0.25) is 5.91 Å². The van der Waals surface area contributed by atoms with Crippen LogP contribution in [0.1, 0.15) is 177 Å². The first-order valence-corrected chi connectivity index (χ1v) is 30.4. The van der Waals surface area contributed by atoms with E-state index in [1.165, 1.54) is 28.6 Å². The number of nitrogens with zero attached hydrogens (tertiary/aromatic N) is 6. The molecule has 2 heterocycles. The van der Waals surface area contributed by atoms with Gasteiger partial charge in [-0.3, -0.25) is 14.2 Å². The Labute approximate surface area is 497 Å². The van der Waals surface area contributed by atoms with Gasteiger partial charge < -0.3 is 53.3 Å². The number of esters is 1. The van der Waals surface area contributed by atoms with Crippen molar-refractivity contribution in [2.75, 3.05) is 56.9 Å². The second kappa shape index (κ2) is 33.8. The van der Waals surface area contributed by atoms with E-state index in [9.17, 15) is 33.6 Å². The lowest BCUT2D eigenvalue weighted by Gasteiger charge is -2.29. The van der Waals surface area contributed by atoms with E-state index in [2.05, 4.69) is 10.3 Å². The SMILES string of the molecule is CC(C)(C)OC(=O)N(CCCCCC(=O)Nc1ccn([C@H]2CS[C@@H](COC(=O)CCCCCN(CCCCN(Cc3ccccc3)C(=O)OC(C)(C)C)C(=O)OC(C)(C)C)O2)c(=O)n1)CCCCN(Cc1ccccc1)C(=O)OC(C)(C)C. The number of amides is 5. The molecule has 3 aromatic rings. The summed E-state index contributed by atoms with van der Waals surface area (Å²) in [4.78, 5) is 102. The van der Waals surface area contributed by atoms with Gasteiger partial charge in [0.1, 0.15) is 46.5 Å². The summed E-state index contributed by atoms with van der Waals surface area (Å²) in [6.45, 7) is 25.5. The molecule has 5 amide bonds. The number of thioether (sulfide) groups is 1. The van der Waals surface area contributed by atoms with Crippen LogP contribution in [0.4, 0.5) is 25.0 Å². The van der Waals surface area contributed by atoms with Gasteiger partial charge in [0.05, 0.1) is 0 Å². The Morgan fingerprint density at radius 3 is 1.34 bits per heavy atom. The van der Waals surface area contributed by atoms with Crippen molar-refractivity contribution >= 4 is 53.8 Å². The first-order chi connectivity index (χ1) is 39.0. The highest BCUT2D eigenvalue weighted by Crippen LogP contribution is 2.31. The third kappa shape index (κ3) is 29.1. The van der Waals surface area contributed by atoms with Gasteiger partial charge in [0.15, 0.2) is 0 Å².